The molecule has 0 aliphatic heterocycles. The Kier molecular flexibility index (Phi) is 3.74. The van der Waals surface area contributed by atoms with Crippen molar-refractivity contribution in [3.8, 4) is 5.69 Å². The van der Waals surface area contributed by atoms with Gasteiger partial charge >= 0.3 is 0 Å². The van der Waals surface area contributed by atoms with E-state index in [2.05, 4.69) is 10.1 Å². The van der Waals surface area contributed by atoms with Crippen molar-refractivity contribution in [3.63, 3.8) is 0 Å². The van der Waals surface area contributed by atoms with Crippen molar-refractivity contribution in [1.29, 1.82) is 0 Å². The minimum Gasteiger partial charge on any atom is -0.258 e. The fourth-order valence-corrected chi connectivity index (χ4v) is 2.00. The molecule has 0 unspecified atom stereocenters. The van der Waals surface area contributed by atoms with Crippen molar-refractivity contribution < 1.29 is 4.92 Å². The Morgan fingerprint density at radius 2 is 1.77 bits per heavy atom. The van der Waals surface area contributed by atoms with E-state index in [0.29, 0.717) is 5.69 Å². The first-order valence-corrected chi connectivity index (χ1v) is 6.62. The molecule has 0 spiro atoms. The zero-order valence-corrected chi connectivity index (χ0v) is 11.5. The number of para-hydroxylation sites is 1. The highest BCUT2D eigenvalue weighted by atomic mass is 16.6. The minimum atomic E-state index is -0.433. The highest BCUT2D eigenvalue weighted by Crippen LogP contribution is 2.18. The van der Waals surface area contributed by atoms with Crippen molar-refractivity contribution >= 4 is 17.6 Å². The molecule has 6 heteroatoms. The van der Waals surface area contributed by atoms with Crippen molar-refractivity contribution in [2.75, 3.05) is 0 Å². The van der Waals surface area contributed by atoms with Crippen LogP contribution in [-0.2, 0) is 0 Å². The highest BCUT2D eigenvalue weighted by Gasteiger charge is 2.04. The number of aromatic nitrogens is 2. The topological polar surface area (TPSA) is 73.3 Å². The van der Waals surface area contributed by atoms with Gasteiger partial charge in [0, 0.05) is 12.1 Å². The molecule has 2 aromatic carbocycles. The molecule has 0 bridgehead atoms. The summed E-state index contributed by atoms with van der Waals surface area (Å²) in [6.45, 7) is 0. The van der Waals surface area contributed by atoms with E-state index in [9.17, 15) is 10.1 Å². The summed E-state index contributed by atoms with van der Waals surface area (Å²) in [5.74, 6) is 0. The van der Waals surface area contributed by atoms with Crippen LogP contribution in [-0.4, -0.2) is 20.9 Å². The average Bonchev–Trinajstić information content (AvgIpc) is 3.02. The second kappa shape index (κ2) is 6.01. The first-order chi connectivity index (χ1) is 10.7. The van der Waals surface area contributed by atoms with E-state index < -0.39 is 4.92 Å². The summed E-state index contributed by atoms with van der Waals surface area (Å²) in [4.78, 5) is 14.5. The van der Waals surface area contributed by atoms with Crippen molar-refractivity contribution in [1.82, 2.24) is 9.78 Å². The van der Waals surface area contributed by atoms with E-state index in [0.717, 1.165) is 11.4 Å². The quantitative estimate of drug-likeness (QED) is 0.419. The Balaban J connectivity index is 1.85. The van der Waals surface area contributed by atoms with E-state index in [-0.39, 0.29) is 5.69 Å². The van der Waals surface area contributed by atoms with Gasteiger partial charge < -0.3 is 0 Å². The van der Waals surface area contributed by atoms with Gasteiger partial charge in [0.2, 0.25) is 0 Å². The van der Waals surface area contributed by atoms with Crippen LogP contribution in [0, 0.1) is 10.1 Å². The lowest BCUT2D eigenvalue weighted by Gasteiger charge is -2.03. The van der Waals surface area contributed by atoms with Crippen molar-refractivity contribution in [3.05, 3.63) is 82.7 Å². The number of rotatable bonds is 4. The molecule has 0 atom stereocenters. The standard InChI is InChI=1S/C16H12N4O2/c21-20(22)15-8-6-13(7-9-15)17-12-16-10-11-18-19(16)14-4-2-1-3-5-14/h1-12H. The summed E-state index contributed by atoms with van der Waals surface area (Å²) in [6, 6.07) is 17.7. The SMILES string of the molecule is O=[N+]([O-])c1ccc(N=Cc2ccnn2-c2ccccc2)cc1. The highest BCUT2D eigenvalue weighted by molar-refractivity contribution is 5.80. The van der Waals surface area contributed by atoms with Crippen LogP contribution in [0.5, 0.6) is 0 Å². The molecule has 1 heterocycles. The molecule has 0 saturated carbocycles. The number of nitrogens with zero attached hydrogens (tertiary/aromatic N) is 4. The first kappa shape index (κ1) is 13.7. The van der Waals surface area contributed by atoms with Crippen molar-refractivity contribution in [2.24, 2.45) is 4.99 Å². The molecule has 3 aromatic rings. The second-order valence-electron chi connectivity index (χ2n) is 4.54. The number of nitro benzene ring substituents is 1. The van der Waals surface area contributed by atoms with Gasteiger partial charge in [0.25, 0.3) is 5.69 Å². The Hall–Kier alpha value is -3.28. The van der Waals surface area contributed by atoms with Gasteiger partial charge in [-0.3, -0.25) is 15.1 Å². The molecule has 22 heavy (non-hydrogen) atoms. The molecule has 3 rings (SSSR count). The lowest BCUT2D eigenvalue weighted by Crippen LogP contribution is -2.00. The fourth-order valence-electron chi connectivity index (χ4n) is 2.00. The first-order valence-electron chi connectivity index (χ1n) is 6.62. The predicted octanol–water partition coefficient (Wildman–Crippen LogP) is 3.53. The van der Waals surface area contributed by atoms with Gasteiger partial charge in [-0.25, -0.2) is 4.68 Å². The van der Waals surface area contributed by atoms with Gasteiger partial charge in [-0.1, -0.05) is 18.2 Å². The smallest absolute Gasteiger partial charge is 0.258 e. The predicted molar refractivity (Wildman–Crippen MR) is 83.9 cm³/mol. The zero-order chi connectivity index (χ0) is 15.4. The third-order valence-electron chi connectivity index (χ3n) is 3.08. The van der Waals surface area contributed by atoms with Crippen LogP contribution >= 0.6 is 0 Å². The van der Waals surface area contributed by atoms with Gasteiger partial charge in [-0.15, -0.1) is 0 Å². The molecule has 0 aliphatic rings. The maximum absolute atomic E-state index is 10.6. The third kappa shape index (κ3) is 2.90. The number of benzene rings is 2. The third-order valence-corrected chi connectivity index (χ3v) is 3.08. The number of hydrogen-bond acceptors (Lipinski definition) is 4. The summed E-state index contributed by atoms with van der Waals surface area (Å²) >= 11 is 0. The lowest BCUT2D eigenvalue weighted by atomic mass is 10.3. The summed E-state index contributed by atoms with van der Waals surface area (Å²) in [5, 5.41) is 14.9. The van der Waals surface area contributed by atoms with E-state index in [1.165, 1.54) is 12.1 Å². The Morgan fingerprint density at radius 3 is 2.45 bits per heavy atom. The molecular formula is C16H12N4O2. The van der Waals surface area contributed by atoms with Crippen LogP contribution in [0.3, 0.4) is 0 Å². The molecule has 0 saturated heterocycles. The molecule has 108 valence electrons. The van der Waals surface area contributed by atoms with Gasteiger partial charge in [-0.05, 0) is 30.3 Å². The fraction of sp³-hybridized carbons (Fsp3) is 0. The summed E-state index contributed by atoms with van der Waals surface area (Å²) in [7, 11) is 0. The molecule has 0 N–H and O–H groups in total. The Labute approximate surface area is 126 Å². The average molecular weight is 292 g/mol. The molecule has 1 aromatic heterocycles. The van der Waals surface area contributed by atoms with Gasteiger partial charge in [0.05, 0.1) is 34.4 Å². The second-order valence-corrected chi connectivity index (χ2v) is 4.54. The van der Waals surface area contributed by atoms with Crippen LogP contribution in [0.25, 0.3) is 5.69 Å². The molecule has 0 aliphatic carbocycles. The number of aliphatic imine (C=N–C) groups is 1. The van der Waals surface area contributed by atoms with Gasteiger partial charge in [0.1, 0.15) is 0 Å². The van der Waals surface area contributed by atoms with E-state index in [1.807, 2.05) is 36.4 Å². The largest absolute Gasteiger partial charge is 0.269 e. The molecule has 0 fully saturated rings. The Bertz CT molecular complexity index is 808. The summed E-state index contributed by atoms with van der Waals surface area (Å²) < 4.78 is 1.77. The van der Waals surface area contributed by atoms with Gasteiger partial charge in [-0.2, -0.15) is 5.10 Å². The Morgan fingerprint density at radius 1 is 1.05 bits per heavy atom. The monoisotopic (exact) mass is 292 g/mol. The van der Waals surface area contributed by atoms with E-state index >= 15 is 0 Å². The van der Waals surface area contributed by atoms with Gasteiger partial charge in [0.15, 0.2) is 0 Å². The lowest BCUT2D eigenvalue weighted by molar-refractivity contribution is -0.384. The molecule has 6 nitrogen and oxygen atoms in total. The molecule has 0 radical (unpaired) electrons. The van der Waals surface area contributed by atoms with Crippen LogP contribution in [0.15, 0.2) is 71.9 Å². The molecular weight excluding hydrogens is 280 g/mol. The van der Waals surface area contributed by atoms with E-state index in [1.54, 1.807) is 29.2 Å². The van der Waals surface area contributed by atoms with Crippen LogP contribution in [0.4, 0.5) is 11.4 Å². The number of nitro groups is 1. The number of non-ortho nitro benzene ring substituents is 1. The zero-order valence-electron chi connectivity index (χ0n) is 11.5. The number of hydrogen-bond donors (Lipinski definition) is 0. The maximum atomic E-state index is 10.6. The maximum Gasteiger partial charge on any atom is 0.269 e. The van der Waals surface area contributed by atoms with E-state index in [4.69, 9.17) is 0 Å². The van der Waals surface area contributed by atoms with Crippen LogP contribution in [0.1, 0.15) is 5.69 Å². The van der Waals surface area contributed by atoms with Crippen LogP contribution in [0.2, 0.25) is 0 Å². The summed E-state index contributed by atoms with van der Waals surface area (Å²) in [5.41, 5.74) is 2.46. The molecule has 0 amide bonds. The normalized spacial score (nSPS) is 10.9. The summed E-state index contributed by atoms with van der Waals surface area (Å²) in [6.07, 6.45) is 3.38. The minimum absolute atomic E-state index is 0.0493. The van der Waals surface area contributed by atoms with Crippen LogP contribution < -0.4 is 0 Å². The van der Waals surface area contributed by atoms with Crippen molar-refractivity contribution in [2.45, 2.75) is 0 Å².